The van der Waals surface area contributed by atoms with Crippen molar-refractivity contribution in [3.05, 3.63) is 29.8 Å². The van der Waals surface area contributed by atoms with Crippen LogP contribution in [0.1, 0.15) is 59.4 Å². The van der Waals surface area contributed by atoms with Gasteiger partial charge in [0.15, 0.2) is 9.84 Å². The topological polar surface area (TPSA) is 52.6 Å². The predicted molar refractivity (Wildman–Crippen MR) is 111 cm³/mol. The summed E-state index contributed by atoms with van der Waals surface area (Å²) in [5.74, 6) is 1.83. The Balaban J connectivity index is 1.86. The lowest BCUT2D eigenvalue weighted by molar-refractivity contribution is 0.0720. The van der Waals surface area contributed by atoms with Gasteiger partial charge < -0.3 is 9.47 Å². The van der Waals surface area contributed by atoms with Crippen LogP contribution in [-0.4, -0.2) is 39.7 Å². The number of rotatable bonds is 11. The van der Waals surface area contributed by atoms with Gasteiger partial charge in [0.1, 0.15) is 5.75 Å². The summed E-state index contributed by atoms with van der Waals surface area (Å²) in [4.78, 5) is 0. The Morgan fingerprint density at radius 3 is 2.44 bits per heavy atom. The summed E-state index contributed by atoms with van der Waals surface area (Å²) in [6, 6.07) is 7.88. The van der Waals surface area contributed by atoms with Gasteiger partial charge in [0, 0.05) is 12.0 Å². The van der Waals surface area contributed by atoms with Crippen LogP contribution in [0.3, 0.4) is 0 Å². The SMILES string of the molecule is CC(C)(C)COCCCS(=O)(=O)CC(C)(C)c1cccc(OCC2CC2)c1. The monoisotopic (exact) mass is 396 g/mol. The number of hydrogen-bond donors (Lipinski definition) is 0. The van der Waals surface area contributed by atoms with E-state index in [9.17, 15) is 8.42 Å². The van der Waals surface area contributed by atoms with Gasteiger partial charge in [-0.2, -0.15) is 0 Å². The molecule has 0 heterocycles. The fourth-order valence-electron chi connectivity index (χ4n) is 2.97. The van der Waals surface area contributed by atoms with Gasteiger partial charge in [0.2, 0.25) is 0 Å². The first kappa shape index (κ1) is 22.2. The summed E-state index contributed by atoms with van der Waals surface area (Å²) in [5.41, 5.74) is 0.653. The smallest absolute Gasteiger partial charge is 0.151 e. The second-order valence-corrected chi connectivity index (χ2v) is 11.9. The summed E-state index contributed by atoms with van der Waals surface area (Å²) in [6.45, 7) is 12.2. The highest BCUT2D eigenvalue weighted by Gasteiger charge is 2.28. The van der Waals surface area contributed by atoms with Crippen LogP contribution in [0.15, 0.2) is 24.3 Å². The molecule has 154 valence electrons. The maximum atomic E-state index is 12.6. The first-order chi connectivity index (χ1) is 12.5. The van der Waals surface area contributed by atoms with Gasteiger partial charge in [-0.05, 0) is 48.3 Å². The van der Waals surface area contributed by atoms with E-state index in [1.807, 2.05) is 38.1 Å². The van der Waals surface area contributed by atoms with Gasteiger partial charge in [0.05, 0.1) is 24.7 Å². The van der Waals surface area contributed by atoms with Crippen molar-refractivity contribution in [3.8, 4) is 5.75 Å². The Kier molecular flexibility index (Phi) is 7.37. The average Bonchev–Trinajstić information content (AvgIpc) is 3.35. The van der Waals surface area contributed by atoms with Crippen LogP contribution in [0.2, 0.25) is 0 Å². The second kappa shape index (κ2) is 8.95. The van der Waals surface area contributed by atoms with E-state index in [2.05, 4.69) is 20.8 Å². The maximum Gasteiger partial charge on any atom is 0.151 e. The van der Waals surface area contributed by atoms with Crippen LogP contribution in [0.5, 0.6) is 5.75 Å². The lowest BCUT2D eigenvalue weighted by atomic mass is 9.87. The molecule has 0 amide bonds. The Morgan fingerprint density at radius 2 is 1.81 bits per heavy atom. The first-order valence-corrected chi connectivity index (χ1v) is 11.8. The van der Waals surface area contributed by atoms with E-state index in [0.717, 1.165) is 17.9 Å². The van der Waals surface area contributed by atoms with E-state index >= 15 is 0 Å². The van der Waals surface area contributed by atoms with Gasteiger partial charge in [-0.1, -0.05) is 46.8 Å². The largest absolute Gasteiger partial charge is 0.493 e. The van der Waals surface area contributed by atoms with E-state index in [1.54, 1.807) is 0 Å². The Morgan fingerprint density at radius 1 is 1.11 bits per heavy atom. The van der Waals surface area contributed by atoms with Crippen molar-refractivity contribution < 1.29 is 17.9 Å². The minimum atomic E-state index is -3.15. The Bertz CT molecular complexity index is 697. The molecule has 0 N–H and O–H groups in total. The molecular formula is C22H36O4S. The molecule has 4 nitrogen and oxygen atoms in total. The van der Waals surface area contributed by atoms with Gasteiger partial charge in [-0.15, -0.1) is 0 Å². The van der Waals surface area contributed by atoms with Crippen molar-refractivity contribution >= 4 is 9.84 Å². The lowest BCUT2D eigenvalue weighted by Gasteiger charge is -2.25. The summed E-state index contributed by atoms with van der Waals surface area (Å²) < 4.78 is 36.6. The highest BCUT2D eigenvalue weighted by molar-refractivity contribution is 7.91. The molecule has 1 aromatic rings. The molecule has 1 aliphatic carbocycles. The molecule has 0 aliphatic heterocycles. The summed E-state index contributed by atoms with van der Waals surface area (Å²) in [7, 11) is -3.15. The van der Waals surface area contributed by atoms with Crippen molar-refractivity contribution in [1.29, 1.82) is 0 Å². The molecule has 27 heavy (non-hydrogen) atoms. The van der Waals surface area contributed by atoms with Gasteiger partial charge in [-0.3, -0.25) is 0 Å². The standard InChI is InChI=1S/C22H36O4S/c1-21(2,3)16-25-12-7-13-27(23,24)17-22(4,5)19-8-6-9-20(14-19)26-15-18-10-11-18/h6,8-9,14,18H,7,10-13,15-17H2,1-5H3. The van der Waals surface area contributed by atoms with Crippen LogP contribution >= 0.6 is 0 Å². The van der Waals surface area contributed by atoms with Crippen LogP contribution < -0.4 is 4.74 Å². The molecule has 0 unspecified atom stereocenters. The average molecular weight is 397 g/mol. The molecule has 0 bridgehead atoms. The maximum absolute atomic E-state index is 12.6. The van der Waals surface area contributed by atoms with Crippen molar-refractivity contribution in [2.75, 3.05) is 31.3 Å². The van der Waals surface area contributed by atoms with Crippen molar-refractivity contribution in [2.24, 2.45) is 11.3 Å². The molecule has 5 heteroatoms. The zero-order chi connectivity index (χ0) is 20.1. The fraction of sp³-hybridized carbons (Fsp3) is 0.727. The third kappa shape index (κ3) is 8.65. The molecule has 1 aromatic carbocycles. The molecular weight excluding hydrogens is 360 g/mol. The second-order valence-electron chi connectivity index (χ2n) is 9.72. The molecule has 0 spiro atoms. The number of benzene rings is 1. The fourth-order valence-corrected chi connectivity index (χ4v) is 4.94. The van der Waals surface area contributed by atoms with Gasteiger partial charge >= 0.3 is 0 Å². The Labute approximate surface area is 165 Å². The quantitative estimate of drug-likeness (QED) is 0.512. The van der Waals surface area contributed by atoms with Crippen LogP contribution in [0, 0.1) is 11.3 Å². The summed E-state index contributed by atoms with van der Waals surface area (Å²) in [6.07, 6.45) is 3.05. The third-order valence-electron chi connectivity index (χ3n) is 4.66. The minimum Gasteiger partial charge on any atom is -0.493 e. The van der Waals surface area contributed by atoms with Crippen LogP contribution in [0.4, 0.5) is 0 Å². The number of hydrogen-bond acceptors (Lipinski definition) is 4. The molecule has 0 atom stereocenters. The third-order valence-corrected chi connectivity index (χ3v) is 6.73. The first-order valence-electron chi connectivity index (χ1n) is 9.98. The molecule has 0 aromatic heterocycles. The summed E-state index contributed by atoms with van der Waals surface area (Å²) >= 11 is 0. The van der Waals surface area contributed by atoms with E-state index in [0.29, 0.717) is 25.6 Å². The highest BCUT2D eigenvalue weighted by Crippen LogP contribution is 2.31. The van der Waals surface area contributed by atoms with Crippen LogP contribution in [-0.2, 0) is 20.0 Å². The highest BCUT2D eigenvalue weighted by atomic mass is 32.2. The zero-order valence-corrected chi connectivity index (χ0v) is 18.4. The molecule has 1 saturated carbocycles. The van der Waals surface area contributed by atoms with Gasteiger partial charge in [0.25, 0.3) is 0 Å². The molecule has 0 radical (unpaired) electrons. The molecule has 1 aliphatic rings. The normalized spacial score (nSPS) is 15.7. The van der Waals surface area contributed by atoms with E-state index in [-0.39, 0.29) is 16.9 Å². The van der Waals surface area contributed by atoms with Crippen molar-refractivity contribution in [2.45, 2.75) is 59.3 Å². The molecule has 0 saturated heterocycles. The van der Waals surface area contributed by atoms with Gasteiger partial charge in [-0.25, -0.2) is 8.42 Å². The lowest BCUT2D eigenvalue weighted by Crippen LogP contribution is -2.30. The van der Waals surface area contributed by atoms with E-state index < -0.39 is 15.3 Å². The number of sulfone groups is 1. The van der Waals surface area contributed by atoms with E-state index in [4.69, 9.17) is 9.47 Å². The van der Waals surface area contributed by atoms with Crippen LogP contribution in [0.25, 0.3) is 0 Å². The number of ether oxygens (including phenoxy) is 2. The van der Waals surface area contributed by atoms with Crippen molar-refractivity contribution in [3.63, 3.8) is 0 Å². The predicted octanol–water partition coefficient (Wildman–Crippen LogP) is 4.62. The zero-order valence-electron chi connectivity index (χ0n) is 17.6. The molecule has 2 rings (SSSR count). The van der Waals surface area contributed by atoms with E-state index in [1.165, 1.54) is 12.8 Å². The minimum absolute atomic E-state index is 0.105. The molecule has 1 fully saturated rings. The summed E-state index contributed by atoms with van der Waals surface area (Å²) in [5, 5.41) is 0. The Hall–Kier alpha value is -1.07. The van der Waals surface area contributed by atoms with Crippen molar-refractivity contribution in [1.82, 2.24) is 0 Å².